The predicted molar refractivity (Wildman–Crippen MR) is 126 cm³/mol. The first kappa shape index (κ1) is 20.4. The third-order valence-corrected chi connectivity index (χ3v) is 5.88. The van der Waals surface area contributed by atoms with Crippen LogP contribution in [0.15, 0.2) is 84.4 Å². The van der Waals surface area contributed by atoms with E-state index in [-0.39, 0.29) is 0 Å². The van der Waals surface area contributed by atoms with Gasteiger partial charge in [0.15, 0.2) is 0 Å². The number of hydrogen-bond donors (Lipinski definition) is 0. The zero-order valence-electron chi connectivity index (χ0n) is 18.1. The highest BCUT2D eigenvalue weighted by atomic mass is 16.5. The van der Waals surface area contributed by atoms with Gasteiger partial charge in [-0.3, -0.25) is 4.90 Å². The number of nitrogens with zero attached hydrogens (tertiary/aromatic N) is 1. The molecule has 0 unspecified atom stereocenters. The van der Waals surface area contributed by atoms with E-state index in [2.05, 4.69) is 53.4 Å². The maximum Gasteiger partial charge on any atom is 0.127 e. The number of fused-ring (bicyclic) bond motifs is 2. The van der Waals surface area contributed by atoms with E-state index < -0.39 is 0 Å². The Balaban J connectivity index is 0.00000106. The van der Waals surface area contributed by atoms with Crippen molar-refractivity contribution in [2.24, 2.45) is 0 Å². The second-order valence-corrected chi connectivity index (χ2v) is 7.75. The maximum absolute atomic E-state index is 5.89. The first-order valence-corrected chi connectivity index (χ1v) is 11.2. The SMILES string of the molecule is CC.c1ccc(Oc2ccc(CCN3CCC4=C(Cc5ccccc54)C3)cc2)cc1. The molecule has 0 amide bonds. The number of para-hydroxylation sites is 1. The molecule has 0 N–H and O–H groups in total. The van der Waals surface area contributed by atoms with Gasteiger partial charge in [0.2, 0.25) is 0 Å². The van der Waals surface area contributed by atoms with Gasteiger partial charge in [-0.1, -0.05) is 68.4 Å². The van der Waals surface area contributed by atoms with Crippen molar-refractivity contribution < 1.29 is 4.74 Å². The molecule has 2 heteroatoms. The van der Waals surface area contributed by atoms with Crippen molar-refractivity contribution in [2.75, 3.05) is 19.6 Å². The number of benzene rings is 3. The van der Waals surface area contributed by atoms with Gasteiger partial charge in [0.25, 0.3) is 0 Å². The fourth-order valence-electron chi connectivity index (χ4n) is 4.40. The van der Waals surface area contributed by atoms with Crippen molar-refractivity contribution in [3.05, 3.63) is 101 Å². The van der Waals surface area contributed by atoms with Crippen LogP contribution in [0.5, 0.6) is 11.5 Å². The fraction of sp³-hybridized carbons (Fsp3) is 0.286. The fourth-order valence-corrected chi connectivity index (χ4v) is 4.40. The number of ether oxygens (including phenoxy) is 1. The Bertz CT molecular complexity index is 989. The quantitative estimate of drug-likeness (QED) is 0.471. The minimum atomic E-state index is 0.880. The van der Waals surface area contributed by atoms with Crippen LogP contribution in [0.3, 0.4) is 0 Å². The van der Waals surface area contributed by atoms with Crippen LogP contribution >= 0.6 is 0 Å². The van der Waals surface area contributed by atoms with Crippen LogP contribution < -0.4 is 4.74 Å². The Morgan fingerprint density at radius 1 is 0.800 bits per heavy atom. The lowest BCUT2D eigenvalue weighted by atomic mass is 9.99. The largest absolute Gasteiger partial charge is 0.457 e. The Morgan fingerprint density at radius 2 is 1.50 bits per heavy atom. The van der Waals surface area contributed by atoms with E-state index in [0.717, 1.165) is 37.4 Å². The molecule has 0 fully saturated rings. The van der Waals surface area contributed by atoms with Gasteiger partial charge < -0.3 is 4.74 Å². The lowest BCUT2D eigenvalue weighted by Gasteiger charge is -2.28. The highest BCUT2D eigenvalue weighted by molar-refractivity contribution is 5.77. The molecule has 0 spiro atoms. The molecule has 1 aliphatic carbocycles. The van der Waals surface area contributed by atoms with Crippen molar-refractivity contribution in [1.82, 2.24) is 4.90 Å². The number of rotatable bonds is 5. The van der Waals surface area contributed by atoms with Gasteiger partial charge in [-0.25, -0.2) is 0 Å². The third kappa shape index (κ3) is 4.66. The molecule has 5 rings (SSSR count). The molecule has 2 aliphatic rings. The molecule has 0 saturated carbocycles. The maximum atomic E-state index is 5.89. The summed E-state index contributed by atoms with van der Waals surface area (Å²) in [4.78, 5) is 2.61. The second kappa shape index (κ2) is 9.77. The Hall–Kier alpha value is -2.84. The predicted octanol–water partition coefficient (Wildman–Crippen LogP) is 6.76. The van der Waals surface area contributed by atoms with Crippen LogP contribution in [0, 0.1) is 0 Å². The van der Waals surface area contributed by atoms with Crippen LogP contribution in [-0.4, -0.2) is 24.5 Å². The normalized spacial score (nSPS) is 15.1. The molecule has 1 heterocycles. The molecule has 0 radical (unpaired) electrons. The smallest absolute Gasteiger partial charge is 0.127 e. The topological polar surface area (TPSA) is 12.5 Å². The van der Waals surface area contributed by atoms with Crippen LogP contribution in [0.1, 0.15) is 37.0 Å². The van der Waals surface area contributed by atoms with Crippen molar-refractivity contribution in [3.8, 4) is 11.5 Å². The summed E-state index contributed by atoms with van der Waals surface area (Å²) >= 11 is 0. The molecular weight excluding hydrogens is 366 g/mol. The summed E-state index contributed by atoms with van der Waals surface area (Å²) in [7, 11) is 0. The van der Waals surface area contributed by atoms with E-state index in [1.807, 2.05) is 44.2 Å². The Morgan fingerprint density at radius 3 is 2.30 bits per heavy atom. The van der Waals surface area contributed by atoms with E-state index in [1.54, 1.807) is 11.1 Å². The van der Waals surface area contributed by atoms with Crippen molar-refractivity contribution in [2.45, 2.75) is 33.1 Å². The van der Waals surface area contributed by atoms with Gasteiger partial charge in [0.05, 0.1) is 0 Å². The minimum absolute atomic E-state index is 0.880. The molecule has 0 bridgehead atoms. The summed E-state index contributed by atoms with van der Waals surface area (Å²) in [6.45, 7) is 7.41. The van der Waals surface area contributed by atoms with Gasteiger partial charge in [-0.2, -0.15) is 0 Å². The second-order valence-electron chi connectivity index (χ2n) is 7.75. The van der Waals surface area contributed by atoms with E-state index in [1.165, 1.54) is 29.7 Å². The highest BCUT2D eigenvalue weighted by Crippen LogP contribution is 2.37. The molecule has 30 heavy (non-hydrogen) atoms. The zero-order valence-corrected chi connectivity index (χ0v) is 18.1. The van der Waals surface area contributed by atoms with Crippen LogP contribution in [0.2, 0.25) is 0 Å². The Kier molecular flexibility index (Phi) is 6.66. The third-order valence-electron chi connectivity index (χ3n) is 5.88. The lowest BCUT2D eigenvalue weighted by molar-refractivity contribution is 0.297. The van der Waals surface area contributed by atoms with Crippen molar-refractivity contribution in [3.63, 3.8) is 0 Å². The standard InChI is InChI=1S/C26H25NO.C2H6/c1-2-7-23(8-3-1)28-24-12-10-20(11-13-24)14-16-27-17-15-26-22(19-27)18-21-6-4-5-9-25(21)26;1-2/h1-13H,14-19H2;1-2H3. The van der Waals surface area contributed by atoms with E-state index in [9.17, 15) is 0 Å². The summed E-state index contributed by atoms with van der Waals surface area (Å²) in [5.41, 5.74) is 7.65. The molecule has 2 nitrogen and oxygen atoms in total. The molecule has 154 valence electrons. The van der Waals surface area contributed by atoms with Gasteiger partial charge in [0, 0.05) is 19.6 Å². The van der Waals surface area contributed by atoms with Crippen LogP contribution in [0.4, 0.5) is 0 Å². The van der Waals surface area contributed by atoms with Crippen molar-refractivity contribution >= 4 is 5.57 Å². The summed E-state index contributed by atoms with van der Waals surface area (Å²) in [6, 6.07) is 27.4. The van der Waals surface area contributed by atoms with Gasteiger partial charge >= 0.3 is 0 Å². The average Bonchev–Trinajstić information content (AvgIpc) is 3.18. The lowest BCUT2D eigenvalue weighted by Crippen LogP contribution is -2.32. The van der Waals surface area contributed by atoms with E-state index in [4.69, 9.17) is 4.74 Å². The first-order valence-electron chi connectivity index (χ1n) is 11.2. The van der Waals surface area contributed by atoms with Gasteiger partial charge in [-0.05, 0) is 71.4 Å². The van der Waals surface area contributed by atoms with Crippen LogP contribution in [-0.2, 0) is 12.8 Å². The van der Waals surface area contributed by atoms with Crippen molar-refractivity contribution in [1.29, 1.82) is 0 Å². The van der Waals surface area contributed by atoms with Gasteiger partial charge in [-0.15, -0.1) is 0 Å². The molecule has 3 aromatic rings. The van der Waals surface area contributed by atoms with Gasteiger partial charge in [0.1, 0.15) is 11.5 Å². The highest BCUT2D eigenvalue weighted by Gasteiger charge is 2.26. The monoisotopic (exact) mass is 397 g/mol. The van der Waals surface area contributed by atoms with E-state index in [0.29, 0.717) is 0 Å². The van der Waals surface area contributed by atoms with E-state index >= 15 is 0 Å². The molecule has 3 aromatic carbocycles. The first-order chi connectivity index (χ1) is 14.8. The molecular formula is C28H31NO. The number of hydrogen-bond acceptors (Lipinski definition) is 2. The minimum Gasteiger partial charge on any atom is -0.457 e. The summed E-state index contributed by atoms with van der Waals surface area (Å²) in [6.07, 6.45) is 3.42. The Labute approximate surface area is 180 Å². The molecule has 1 aliphatic heterocycles. The van der Waals surface area contributed by atoms with Crippen LogP contribution in [0.25, 0.3) is 5.57 Å². The molecule has 0 aromatic heterocycles. The average molecular weight is 398 g/mol. The summed E-state index contributed by atoms with van der Waals surface area (Å²) < 4.78 is 5.89. The summed E-state index contributed by atoms with van der Waals surface area (Å²) in [5, 5.41) is 0. The molecule has 0 saturated heterocycles. The molecule has 0 atom stereocenters. The summed E-state index contributed by atoms with van der Waals surface area (Å²) in [5.74, 6) is 1.77. The zero-order chi connectivity index (χ0) is 20.8.